The van der Waals surface area contributed by atoms with Crippen LogP contribution in [0.1, 0.15) is 56.8 Å². The Kier molecular flexibility index (Phi) is 6.55. The molecule has 10 heteroatoms. The van der Waals surface area contributed by atoms with Crippen molar-refractivity contribution in [3.05, 3.63) is 46.7 Å². The third-order valence-electron chi connectivity index (χ3n) is 6.99. The van der Waals surface area contributed by atoms with E-state index in [1.807, 2.05) is 36.1 Å². The number of carbonyl (C=O) groups is 2. The van der Waals surface area contributed by atoms with Crippen molar-refractivity contribution in [1.29, 1.82) is 0 Å². The van der Waals surface area contributed by atoms with Gasteiger partial charge in [-0.05, 0) is 44.0 Å². The van der Waals surface area contributed by atoms with Crippen LogP contribution in [-0.4, -0.2) is 64.6 Å². The van der Waals surface area contributed by atoms with Gasteiger partial charge in [-0.15, -0.1) is 0 Å². The second-order valence-electron chi connectivity index (χ2n) is 9.73. The number of cyclic esters (lactones) is 1. The number of rotatable bonds is 7. The van der Waals surface area contributed by atoms with Gasteiger partial charge in [0.15, 0.2) is 0 Å². The molecule has 5 rings (SSSR count). The standard InChI is InChI=1S/C25H31ClN6O3/c1-14(2)27-9-8-18(16-4-6-17(26)7-5-16)24(33)32-11-10-31(19-12-20(19)32)23-21-15(3)35-25(34)30-22(21)28-13-29-23/h4-7,13-15,18-20,27H,8-12H2,1-3H3,(H,28,29,30,34)/t15-,18+,19+,20-/m0/s1. The molecule has 2 aliphatic heterocycles. The van der Waals surface area contributed by atoms with Crippen molar-refractivity contribution in [3.63, 3.8) is 0 Å². The lowest BCUT2D eigenvalue weighted by Crippen LogP contribution is -2.51. The molecular weight excluding hydrogens is 468 g/mol. The summed E-state index contributed by atoms with van der Waals surface area (Å²) in [5.74, 6) is 1.22. The number of hydrogen-bond acceptors (Lipinski definition) is 7. The van der Waals surface area contributed by atoms with Crippen LogP contribution in [0.4, 0.5) is 16.4 Å². The zero-order valence-corrected chi connectivity index (χ0v) is 21.0. The van der Waals surface area contributed by atoms with E-state index in [1.165, 1.54) is 6.33 Å². The molecule has 1 aromatic carbocycles. The first kappa shape index (κ1) is 23.8. The van der Waals surface area contributed by atoms with Crippen molar-refractivity contribution in [2.45, 2.75) is 63.8 Å². The molecule has 0 bridgehead atoms. The highest BCUT2D eigenvalue weighted by molar-refractivity contribution is 6.30. The smallest absolute Gasteiger partial charge is 0.413 e. The van der Waals surface area contributed by atoms with Gasteiger partial charge in [0.05, 0.1) is 23.6 Å². The van der Waals surface area contributed by atoms with Crippen molar-refractivity contribution in [3.8, 4) is 0 Å². The average molecular weight is 499 g/mol. The van der Waals surface area contributed by atoms with E-state index in [0.29, 0.717) is 30.0 Å². The fourth-order valence-corrected chi connectivity index (χ4v) is 5.33. The number of halogens is 1. The van der Waals surface area contributed by atoms with Crippen LogP contribution < -0.4 is 15.5 Å². The third-order valence-corrected chi connectivity index (χ3v) is 7.24. The summed E-state index contributed by atoms with van der Waals surface area (Å²) in [6.45, 7) is 8.08. The topological polar surface area (TPSA) is 99.7 Å². The second kappa shape index (κ2) is 9.62. The molecule has 2 aromatic rings. The Balaban J connectivity index is 1.33. The molecule has 2 fully saturated rings. The number of piperazine rings is 1. The van der Waals surface area contributed by atoms with Gasteiger partial charge >= 0.3 is 6.09 Å². The zero-order chi connectivity index (χ0) is 24.7. The number of nitrogens with zero attached hydrogens (tertiary/aromatic N) is 4. The van der Waals surface area contributed by atoms with Crippen LogP contribution in [0, 0.1) is 0 Å². The van der Waals surface area contributed by atoms with Crippen LogP contribution in [0.5, 0.6) is 0 Å². The normalized spacial score (nSPS) is 23.8. The van der Waals surface area contributed by atoms with E-state index in [9.17, 15) is 9.59 Å². The van der Waals surface area contributed by atoms with E-state index >= 15 is 0 Å². The van der Waals surface area contributed by atoms with E-state index in [2.05, 4.69) is 39.3 Å². The highest BCUT2D eigenvalue weighted by Crippen LogP contribution is 2.44. The zero-order valence-electron chi connectivity index (χ0n) is 20.2. The minimum Gasteiger partial charge on any atom is -0.441 e. The SMILES string of the molecule is CC(C)NCC[C@@H](C(=O)N1CCN(c2ncnc3c2[C@H](C)OC(=O)N3)[C@@H]2C[C@@H]21)c1ccc(Cl)cc1. The van der Waals surface area contributed by atoms with E-state index in [-0.39, 0.29) is 23.9 Å². The quantitative estimate of drug-likeness (QED) is 0.600. The Hall–Kier alpha value is -2.91. The van der Waals surface area contributed by atoms with Gasteiger partial charge in [0.2, 0.25) is 5.91 Å². The van der Waals surface area contributed by atoms with Gasteiger partial charge in [-0.3, -0.25) is 10.1 Å². The van der Waals surface area contributed by atoms with Crippen LogP contribution >= 0.6 is 11.6 Å². The summed E-state index contributed by atoms with van der Waals surface area (Å²) in [6, 6.07) is 8.33. The molecule has 9 nitrogen and oxygen atoms in total. The fraction of sp³-hybridized carbons (Fsp3) is 0.520. The van der Waals surface area contributed by atoms with Gasteiger partial charge < -0.3 is 19.9 Å². The lowest BCUT2D eigenvalue weighted by Gasteiger charge is -2.38. The molecule has 3 heterocycles. The first-order valence-corrected chi connectivity index (χ1v) is 12.6. The minimum atomic E-state index is -0.505. The lowest BCUT2D eigenvalue weighted by molar-refractivity contribution is -0.134. The maximum absolute atomic E-state index is 13.8. The van der Waals surface area contributed by atoms with Gasteiger partial charge in [-0.1, -0.05) is 37.6 Å². The third kappa shape index (κ3) is 4.79. The predicted octanol–water partition coefficient (Wildman–Crippen LogP) is 3.71. The van der Waals surface area contributed by atoms with Crippen molar-refractivity contribution in [2.75, 3.05) is 29.9 Å². The summed E-state index contributed by atoms with van der Waals surface area (Å²) in [5, 5.41) is 6.78. The van der Waals surface area contributed by atoms with Gasteiger partial charge in [0.1, 0.15) is 24.1 Å². The summed E-state index contributed by atoms with van der Waals surface area (Å²) >= 11 is 6.11. The largest absolute Gasteiger partial charge is 0.441 e. The molecule has 186 valence electrons. The molecule has 0 unspecified atom stereocenters. The van der Waals surface area contributed by atoms with Gasteiger partial charge in [-0.25, -0.2) is 14.8 Å². The Morgan fingerprint density at radius 2 is 2.00 bits per heavy atom. The minimum absolute atomic E-state index is 0.143. The average Bonchev–Trinajstić information content (AvgIpc) is 3.62. The van der Waals surface area contributed by atoms with Gasteiger partial charge in [0.25, 0.3) is 0 Å². The number of nitrogens with one attached hydrogen (secondary N) is 2. The molecule has 1 aliphatic carbocycles. The number of fused-ring (bicyclic) bond motifs is 2. The highest BCUT2D eigenvalue weighted by Gasteiger charge is 2.52. The molecule has 35 heavy (non-hydrogen) atoms. The van der Waals surface area contributed by atoms with Crippen LogP contribution in [0.3, 0.4) is 0 Å². The second-order valence-corrected chi connectivity index (χ2v) is 10.2. The van der Waals surface area contributed by atoms with Crippen LogP contribution in [0.25, 0.3) is 0 Å². The van der Waals surface area contributed by atoms with Crippen molar-refractivity contribution in [1.82, 2.24) is 20.2 Å². The summed E-state index contributed by atoms with van der Waals surface area (Å²) in [5.41, 5.74) is 1.78. The summed E-state index contributed by atoms with van der Waals surface area (Å²) in [7, 11) is 0. The Bertz CT molecular complexity index is 1110. The Morgan fingerprint density at radius 3 is 2.74 bits per heavy atom. The number of aromatic nitrogens is 2. The molecule has 1 saturated carbocycles. The summed E-state index contributed by atoms with van der Waals surface area (Å²) in [6.07, 6.45) is 2.15. The van der Waals surface area contributed by atoms with Gasteiger partial charge in [-0.2, -0.15) is 0 Å². The Morgan fingerprint density at radius 1 is 1.23 bits per heavy atom. The molecule has 3 aliphatic rings. The molecule has 4 atom stereocenters. The number of ether oxygens (including phenoxy) is 1. The predicted molar refractivity (Wildman–Crippen MR) is 134 cm³/mol. The molecule has 2 N–H and O–H groups in total. The molecule has 1 saturated heterocycles. The van der Waals surface area contributed by atoms with Crippen molar-refractivity contribution in [2.24, 2.45) is 0 Å². The van der Waals surface area contributed by atoms with Crippen LogP contribution in [0.2, 0.25) is 5.02 Å². The number of hydrogen-bond donors (Lipinski definition) is 2. The number of anilines is 2. The maximum Gasteiger partial charge on any atom is 0.413 e. The fourth-order valence-electron chi connectivity index (χ4n) is 5.20. The van der Waals surface area contributed by atoms with Crippen LogP contribution in [-0.2, 0) is 9.53 Å². The molecule has 0 radical (unpaired) electrons. The Labute approximate surface area is 210 Å². The maximum atomic E-state index is 13.8. The first-order chi connectivity index (χ1) is 16.8. The lowest BCUT2D eigenvalue weighted by atomic mass is 9.93. The van der Waals surface area contributed by atoms with E-state index in [0.717, 1.165) is 36.3 Å². The summed E-state index contributed by atoms with van der Waals surface area (Å²) in [4.78, 5) is 38.6. The van der Waals surface area contributed by atoms with E-state index in [1.54, 1.807) is 0 Å². The van der Waals surface area contributed by atoms with E-state index in [4.69, 9.17) is 16.3 Å². The van der Waals surface area contributed by atoms with Crippen molar-refractivity contribution >= 4 is 35.2 Å². The van der Waals surface area contributed by atoms with Gasteiger partial charge in [0, 0.05) is 24.2 Å². The highest BCUT2D eigenvalue weighted by atomic mass is 35.5. The number of benzene rings is 1. The molecule has 2 amide bonds. The molecule has 1 aromatic heterocycles. The number of amides is 2. The number of carbonyl (C=O) groups excluding carboxylic acids is 2. The first-order valence-electron chi connectivity index (χ1n) is 12.2. The van der Waals surface area contributed by atoms with Crippen molar-refractivity contribution < 1.29 is 14.3 Å². The van der Waals surface area contributed by atoms with E-state index < -0.39 is 12.2 Å². The molecular formula is C25H31ClN6O3. The monoisotopic (exact) mass is 498 g/mol. The van der Waals surface area contributed by atoms with Crippen LogP contribution in [0.15, 0.2) is 30.6 Å². The summed E-state index contributed by atoms with van der Waals surface area (Å²) < 4.78 is 5.36. The molecule has 0 spiro atoms.